The summed E-state index contributed by atoms with van der Waals surface area (Å²) in [6.45, 7) is 9.57. The highest BCUT2D eigenvalue weighted by Gasteiger charge is 2.06. The van der Waals surface area contributed by atoms with E-state index in [9.17, 15) is 9.18 Å². The van der Waals surface area contributed by atoms with Crippen molar-refractivity contribution >= 4 is 11.9 Å². The van der Waals surface area contributed by atoms with Crippen LogP contribution in [0.1, 0.15) is 39.8 Å². The normalized spacial score (nSPS) is 12.1. The minimum Gasteiger partial charge on any atom is -0.281 e. The minimum absolute atomic E-state index is 0.178. The number of hydrogen-bond acceptors (Lipinski definition) is 3. The number of rotatable bonds is 3. The summed E-state index contributed by atoms with van der Waals surface area (Å²) >= 11 is 0. The molecular formula is C12H20FN3O. The van der Waals surface area contributed by atoms with Gasteiger partial charge in [0.1, 0.15) is 5.69 Å². The average molecular weight is 241 g/mol. The standard InChI is InChI=1S/C10H14FN3O.C2H6/c1-4-6(2)5-12-8-7(3)13-10(11)14-9(8)15;1-2/h5-6H,4H2,1-3H3,(H,13,14,15);1-2H3. The second-order valence-corrected chi connectivity index (χ2v) is 3.45. The summed E-state index contributed by atoms with van der Waals surface area (Å²) < 4.78 is 12.7. The fraction of sp³-hybridized carbons (Fsp3) is 0.583. The molecule has 0 amide bonds. The molecule has 1 rings (SSSR count). The quantitative estimate of drug-likeness (QED) is 0.653. The van der Waals surface area contributed by atoms with E-state index in [1.54, 1.807) is 13.1 Å². The number of aromatic amines is 1. The van der Waals surface area contributed by atoms with Crippen LogP contribution in [0.5, 0.6) is 0 Å². The second kappa shape index (κ2) is 7.70. The first kappa shape index (κ1) is 15.5. The van der Waals surface area contributed by atoms with Gasteiger partial charge in [-0.2, -0.15) is 4.39 Å². The highest BCUT2D eigenvalue weighted by atomic mass is 19.1. The third-order valence-corrected chi connectivity index (χ3v) is 2.14. The number of hydrogen-bond donors (Lipinski definition) is 1. The number of halogens is 1. The lowest BCUT2D eigenvalue weighted by molar-refractivity contribution is 0.531. The maximum Gasteiger partial charge on any atom is 0.289 e. The lowest BCUT2D eigenvalue weighted by atomic mass is 10.1. The van der Waals surface area contributed by atoms with E-state index in [4.69, 9.17) is 0 Å². The Morgan fingerprint density at radius 2 is 2.12 bits per heavy atom. The monoisotopic (exact) mass is 241 g/mol. The lowest BCUT2D eigenvalue weighted by Gasteiger charge is -2.00. The van der Waals surface area contributed by atoms with Gasteiger partial charge in [0.05, 0.1) is 5.69 Å². The molecule has 0 spiro atoms. The number of aromatic nitrogens is 2. The molecule has 0 aromatic carbocycles. The van der Waals surface area contributed by atoms with E-state index < -0.39 is 11.6 Å². The summed E-state index contributed by atoms with van der Waals surface area (Å²) in [5.74, 6) is 0.286. The summed E-state index contributed by atoms with van der Waals surface area (Å²) in [6.07, 6.45) is 1.74. The van der Waals surface area contributed by atoms with E-state index in [-0.39, 0.29) is 11.6 Å². The van der Waals surface area contributed by atoms with Crippen LogP contribution in [0, 0.1) is 18.9 Å². The number of nitrogens with one attached hydrogen (secondary N) is 1. The predicted molar refractivity (Wildman–Crippen MR) is 68.5 cm³/mol. The number of H-pyrrole nitrogens is 1. The highest BCUT2D eigenvalue weighted by molar-refractivity contribution is 5.65. The van der Waals surface area contributed by atoms with Gasteiger partial charge < -0.3 is 0 Å². The van der Waals surface area contributed by atoms with Gasteiger partial charge in [-0.15, -0.1) is 0 Å². The molecule has 0 saturated heterocycles. The molecule has 1 aromatic rings. The summed E-state index contributed by atoms with van der Waals surface area (Å²) in [5, 5.41) is 0. The van der Waals surface area contributed by atoms with Crippen molar-refractivity contribution in [2.45, 2.75) is 41.0 Å². The Morgan fingerprint density at radius 3 is 2.59 bits per heavy atom. The van der Waals surface area contributed by atoms with Crippen LogP contribution in [-0.2, 0) is 0 Å². The van der Waals surface area contributed by atoms with Crippen molar-refractivity contribution in [3.63, 3.8) is 0 Å². The average Bonchev–Trinajstić information content (AvgIpc) is 2.29. The third kappa shape index (κ3) is 4.89. The van der Waals surface area contributed by atoms with E-state index in [2.05, 4.69) is 9.98 Å². The van der Waals surface area contributed by atoms with Crippen LogP contribution in [0.4, 0.5) is 10.1 Å². The van der Waals surface area contributed by atoms with E-state index in [0.717, 1.165) is 6.42 Å². The Balaban J connectivity index is 0.00000121. The molecule has 5 heteroatoms. The molecule has 4 nitrogen and oxygen atoms in total. The van der Waals surface area contributed by atoms with Crippen molar-refractivity contribution < 1.29 is 4.39 Å². The summed E-state index contributed by atoms with van der Waals surface area (Å²) in [4.78, 5) is 20.8. The molecule has 0 aliphatic heterocycles. The number of nitrogens with zero attached hydrogens (tertiary/aromatic N) is 2. The Morgan fingerprint density at radius 1 is 1.53 bits per heavy atom. The summed E-state index contributed by atoms with van der Waals surface area (Å²) in [5.41, 5.74) is -0.0629. The molecule has 1 N–H and O–H groups in total. The van der Waals surface area contributed by atoms with Gasteiger partial charge in [-0.3, -0.25) is 14.8 Å². The zero-order chi connectivity index (χ0) is 13.4. The van der Waals surface area contributed by atoms with Gasteiger partial charge in [0.25, 0.3) is 11.6 Å². The molecule has 0 radical (unpaired) electrons. The first-order valence-corrected chi connectivity index (χ1v) is 5.85. The number of aryl methyl sites for hydroxylation is 1. The summed E-state index contributed by atoms with van der Waals surface area (Å²) in [6, 6.07) is 0. The van der Waals surface area contributed by atoms with Gasteiger partial charge in [0.2, 0.25) is 0 Å². The molecule has 0 fully saturated rings. The molecule has 0 bridgehead atoms. The zero-order valence-electron chi connectivity index (χ0n) is 11.0. The van der Waals surface area contributed by atoms with Gasteiger partial charge in [-0.05, 0) is 19.3 Å². The molecule has 1 unspecified atom stereocenters. The predicted octanol–water partition coefficient (Wildman–Crippen LogP) is 2.99. The van der Waals surface area contributed by atoms with Crippen molar-refractivity contribution in [2.75, 3.05) is 0 Å². The second-order valence-electron chi connectivity index (χ2n) is 3.45. The molecule has 0 aliphatic carbocycles. The van der Waals surface area contributed by atoms with Crippen molar-refractivity contribution in [3.8, 4) is 0 Å². The van der Waals surface area contributed by atoms with Crippen LogP contribution in [0.25, 0.3) is 0 Å². The molecular weight excluding hydrogens is 221 g/mol. The van der Waals surface area contributed by atoms with Gasteiger partial charge in [-0.1, -0.05) is 27.7 Å². The van der Waals surface area contributed by atoms with Crippen molar-refractivity contribution in [1.29, 1.82) is 0 Å². The van der Waals surface area contributed by atoms with E-state index in [1.165, 1.54) is 0 Å². The van der Waals surface area contributed by atoms with E-state index >= 15 is 0 Å². The first-order valence-electron chi connectivity index (χ1n) is 5.85. The van der Waals surface area contributed by atoms with Crippen molar-refractivity contribution in [3.05, 3.63) is 22.1 Å². The smallest absolute Gasteiger partial charge is 0.281 e. The zero-order valence-corrected chi connectivity index (χ0v) is 11.0. The number of aliphatic imine (C=N–C) groups is 1. The lowest BCUT2D eigenvalue weighted by Crippen LogP contribution is -2.11. The molecule has 1 atom stereocenters. The molecule has 0 aliphatic rings. The maximum atomic E-state index is 12.7. The van der Waals surface area contributed by atoms with Gasteiger partial charge >= 0.3 is 0 Å². The molecule has 17 heavy (non-hydrogen) atoms. The van der Waals surface area contributed by atoms with Gasteiger partial charge in [0, 0.05) is 6.21 Å². The van der Waals surface area contributed by atoms with E-state index in [0.29, 0.717) is 5.69 Å². The van der Waals surface area contributed by atoms with Crippen molar-refractivity contribution in [2.24, 2.45) is 10.9 Å². The van der Waals surface area contributed by atoms with Gasteiger partial charge in [-0.25, -0.2) is 4.98 Å². The van der Waals surface area contributed by atoms with Crippen LogP contribution in [0.15, 0.2) is 9.79 Å². The Hall–Kier alpha value is -1.52. The van der Waals surface area contributed by atoms with Gasteiger partial charge in [0.15, 0.2) is 0 Å². The van der Waals surface area contributed by atoms with Crippen LogP contribution < -0.4 is 5.56 Å². The third-order valence-electron chi connectivity index (χ3n) is 2.14. The fourth-order valence-corrected chi connectivity index (χ4v) is 1.00. The molecule has 1 heterocycles. The molecule has 0 saturated carbocycles. The largest absolute Gasteiger partial charge is 0.289 e. The fourth-order valence-electron chi connectivity index (χ4n) is 1.00. The van der Waals surface area contributed by atoms with Crippen LogP contribution in [-0.4, -0.2) is 16.2 Å². The first-order chi connectivity index (χ1) is 8.04. The Bertz CT molecular complexity index is 426. The van der Waals surface area contributed by atoms with Crippen LogP contribution in [0.3, 0.4) is 0 Å². The van der Waals surface area contributed by atoms with Crippen LogP contribution >= 0.6 is 0 Å². The minimum atomic E-state index is -0.875. The Labute approximate surface area is 101 Å². The molecule has 1 aromatic heterocycles. The highest BCUT2D eigenvalue weighted by Crippen LogP contribution is 2.09. The van der Waals surface area contributed by atoms with Crippen LogP contribution in [0.2, 0.25) is 0 Å². The molecule has 96 valence electrons. The Kier molecular flexibility index (Phi) is 7.02. The van der Waals surface area contributed by atoms with E-state index in [1.807, 2.05) is 32.7 Å². The topological polar surface area (TPSA) is 58.1 Å². The SMILES string of the molecule is CC.CCC(C)C=Nc1c(C)nc(F)[nH]c1=O. The summed E-state index contributed by atoms with van der Waals surface area (Å²) in [7, 11) is 0. The maximum absolute atomic E-state index is 12.7. The van der Waals surface area contributed by atoms with Crippen molar-refractivity contribution in [1.82, 2.24) is 9.97 Å².